The Balaban J connectivity index is 1.43. The van der Waals surface area contributed by atoms with Crippen molar-refractivity contribution in [1.29, 1.82) is 0 Å². The molecule has 2 amide bonds. The summed E-state index contributed by atoms with van der Waals surface area (Å²) < 4.78 is 0. The van der Waals surface area contributed by atoms with E-state index in [0.29, 0.717) is 24.9 Å². The zero-order chi connectivity index (χ0) is 20.5. The van der Waals surface area contributed by atoms with Gasteiger partial charge in [0.05, 0.1) is 18.3 Å². The maximum atomic E-state index is 13.0. The fraction of sp³-hybridized carbons (Fsp3) is 0.727. The predicted molar refractivity (Wildman–Crippen MR) is 110 cm³/mol. The summed E-state index contributed by atoms with van der Waals surface area (Å²) in [7, 11) is 0. The lowest BCUT2D eigenvalue weighted by Gasteiger charge is -2.36. The molecule has 0 saturated carbocycles. The summed E-state index contributed by atoms with van der Waals surface area (Å²) in [5.74, 6) is 2.34. The molecule has 4 rings (SSSR count). The number of rotatable bonds is 3. The second-order valence-electron chi connectivity index (χ2n) is 9.26. The van der Waals surface area contributed by atoms with E-state index in [1.54, 1.807) is 6.92 Å². The highest BCUT2D eigenvalue weighted by Gasteiger charge is 2.33. The van der Waals surface area contributed by atoms with Gasteiger partial charge in [-0.15, -0.1) is 0 Å². The molecule has 0 aliphatic carbocycles. The van der Waals surface area contributed by atoms with E-state index in [9.17, 15) is 9.59 Å². The molecule has 158 valence electrons. The molecule has 7 heteroatoms. The summed E-state index contributed by atoms with van der Waals surface area (Å²) in [6, 6.07) is 0.120. The van der Waals surface area contributed by atoms with Crippen molar-refractivity contribution in [2.45, 2.75) is 59.0 Å². The smallest absolute Gasteiger partial charge is 0.236 e. The number of likely N-dealkylation sites (tertiary alicyclic amines) is 2. The molecular weight excluding hydrogens is 366 g/mol. The van der Waals surface area contributed by atoms with Crippen molar-refractivity contribution in [3.63, 3.8) is 0 Å². The van der Waals surface area contributed by atoms with Crippen LogP contribution in [0.4, 0.5) is 0 Å². The summed E-state index contributed by atoms with van der Waals surface area (Å²) >= 11 is 0. The highest BCUT2D eigenvalue weighted by atomic mass is 16.2. The molecule has 0 aromatic carbocycles. The van der Waals surface area contributed by atoms with Gasteiger partial charge in [-0.1, -0.05) is 13.8 Å². The van der Waals surface area contributed by atoms with Crippen LogP contribution in [-0.4, -0.2) is 69.2 Å². The van der Waals surface area contributed by atoms with E-state index < -0.39 is 0 Å². The number of carbonyl (C=O) groups is 2. The summed E-state index contributed by atoms with van der Waals surface area (Å²) in [5, 5.41) is 0. The van der Waals surface area contributed by atoms with Crippen molar-refractivity contribution < 1.29 is 9.59 Å². The zero-order valence-corrected chi connectivity index (χ0v) is 17.9. The van der Waals surface area contributed by atoms with Crippen LogP contribution in [0, 0.1) is 11.8 Å². The quantitative estimate of drug-likeness (QED) is 0.778. The van der Waals surface area contributed by atoms with Gasteiger partial charge in [-0.05, 0) is 37.6 Å². The molecule has 1 aromatic rings. The van der Waals surface area contributed by atoms with Gasteiger partial charge in [0.25, 0.3) is 0 Å². The Labute approximate surface area is 173 Å². The van der Waals surface area contributed by atoms with E-state index in [0.717, 1.165) is 62.5 Å². The second kappa shape index (κ2) is 8.38. The molecule has 7 nitrogen and oxygen atoms in total. The molecule has 0 bridgehead atoms. The number of carbonyl (C=O) groups excluding carboxylic acids is 2. The number of fused-ring (bicyclic) bond motifs is 1. The van der Waals surface area contributed by atoms with Gasteiger partial charge < -0.3 is 9.80 Å². The number of aromatic nitrogens is 2. The van der Waals surface area contributed by atoms with Gasteiger partial charge in [0.2, 0.25) is 11.8 Å². The third kappa shape index (κ3) is 4.44. The third-order valence-corrected chi connectivity index (χ3v) is 6.62. The first-order chi connectivity index (χ1) is 13.9. The average molecular weight is 400 g/mol. The van der Waals surface area contributed by atoms with Crippen LogP contribution >= 0.6 is 0 Å². The van der Waals surface area contributed by atoms with Crippen molar-refractivity contribution in [3.05, 3.63) is 23.3 Å². The lowest BCUT2D eigenvalue weighted by Crippen LogP contribution is -2.47. The molecule has 0 unspecified atom stereocenters. The predicted octanol–water partition coefficient (Wildman–Crippen LogP) is 2.02. The minimum atomic E-state index is 0.0987. The first kappa shape index (κ1) is 20.3. The van der Waals surface area contributed by atoms with Crippen LogP contribution < -0.4 is 0 Å². The van der Waals surface area contributed by atoms with Crippen molar-refractivity contribution >= 4 is 11.8 Å². The van der Waals surface area contributed by atoms with Crippen molar-refractivity contribution in [2.24, 2.45) is 11.8 Å². The molecule has 0 N–H and O–H groups in total. The maximum Gasteiger partial charge on any atom is 0.236 e. The molecule has 3 aliphatic heterocycles. The van der Waals surface area contributed by atoms with Crippen LogP contribution in [0.15, 0.2) is 6.20 Å². The van der Waals surface area contributed by atoms with Gasteiger partial charge in [-0.2, -0.15) is 0 Å². The summed E-state index contributed by atoms with van der Waals surface area (Å²) in [6.07, 6.45) is 5.95. The van der Waals surface area contributed by atoms with Crippen LogP contribution in [0.2, 0.25) is 0 Å². The SMILES string of the molecule is CC(=O)N1CCc2nc([C@@H]3CCCN3CC(=O)N3C[C@H](C)C[C@H](C)C3)ncc2C1. The van der Waals surface area contributed by atoms with Gasteiger partial charge in [-0.3, -0.25) is 14.5 Å². The van der Waals surface area contributed by atoms with Crippen molar-refractivity contribution in [2.75, 3.05) is 32.7 Å². The standard InChI is InChI=1S/C22H33N5O2/c1-15-9-16(2)12-27(11-15)21(29)14-26-7-4-5-20(26)22-23-10-18-13-25(17(3)28)8-6-19(18)24-22/h10,15-16,20H,4-9,11-14H2,1-3H3/t15-,16+,20-/m0/s1. The Morgan fingerprint density at radius 3 is 2.62 bits per heavy atom. The van der Waals surface area contributed by atoms with E-state index in [2.05, 4.69) is 28.6 Å². The molecule has 0 radical (unpaired) electrons. The van der Waals surface area contributed by atoms with Crippen LogP contribution in [0.25, 0.3) is 0 Å². The molecule has 0 spiro atoms. The van der Waals surface area contributed by atoms with E-state index >= 15 is 0 Å². The minimum absolute atomic E-state index is 0.0987. The van der Waals surface area contributed by atoms with Crippen molar-refractivity contribution in [1.82, 2.24) is 24.7 Å². The van der Waals surface area contributed by atoms with E-state index in [1.807, 2.05) is 11.1 Å². The molecular formula is C22H33N5O2. The molecule has 1 aromatic heterocycles. The van der Waals surface area contributed by atoms with Gasteiger partial charge in [0.1, 0.15) is 5.82 Å². The van der Waals surface area contributed by atoms with Crippen molar-refractivity contribution in [3.8, 4) is 0 Å². The lowest BCUT2D eigenvalue weighted by molar-refractivity contribution is -0.135. The van der Waals surface area contributed by atoms with Gasteiger partial charge in [0.15, 0.2) is 0 Å². The van der Waals surface area contributed by atoms with Gasteiger partial charge >= 0.3 is 0 Å². The second-order valence-corrected chi connectivity index (χ2v) is 9.26. The van der Waals surface area contributed by atoms with Crippen LogP contribution in [0.1, 0.15) is 63.2 Å². The van der Waals surface area contributed by atoms with Crippen LogP contribution in [0.5, 0.6) is 0 Å². The van der Waals surface area contributed by atoms with Crippen LogP contribution in [-0.2, 0) is 22.6 Å². The number of hydrogen-bond acceptors (Lipinski definition) is 5. The van der Waals surface area contributed by atoms with Gasteiger partial charge in [-0.25, -0.2) is 9.97 Å². The normalized spacial score (nSPS) is 27.8. The minimum Gasteiger partial charge on any atom is -0.341 e. The van der Waals surface area contributed by atoms with E-state index in [4.69, 9.17) is 4.98 Å². The topological polar surface area (TPSA) is 69.6 Å². The fourth-order valence-electron chi connectivity index (χ4n) is 5.21. The fourth-order valence-corrected chi connectivity index (χ4v) is 5.21. The first-order valence-corrected chi connectivity index (χ1v) is 11.0. The Morgan fingerprint density at radius 2 is 1.90 bits per heavy atom. The highest BCUT2D eigenvalue weighted by molar-refractivity contribution is 5.78. The lowest BCUT2D eigenvalue weighted by atomic mass is 9.92. The molecule has 2 saturated heterocycles. The Bertz CT molecular complexity index is 772. The van der Waals surface area contributed by atoms with E-state index in [-0.39, 0.29) is 17.9 Å². The summed E-state index contributed by atoms with van der Waals surface area (Å²) in [4.78, 5) is 40.3. The van der Waals surface area contributed by atoms with Crippen LogP contribution in [0.3, 0.4) is 0 Å². The number of nitrogens with zero attached hydrogens (tertiary/aromatic N) is 5. The Kier molecular flexibility index (Phi) is 5.86. The average Bonchev–Trinajstić information content (AvgIpc) is 3.14. The largest absolute Gasteiger partial charge is 0.341 e. The molecule has 29 heavy (non-hydrogen) atoms. The zero-order valence-electron chi connectivity index (χ0n) is 17.9. The summed E-state index contributed by atoms with van der Waals surface area (Å²) in [5.41, 5.74) is 2.11. The molecule has 2 fully saturated rings. The molecule has 3 atom stereocenters. The van der Waals surface area contributed by atoms with E-state index in [1.165, 1.54) is 6.42 Å². The summed E-state index contributed by atoms with van der Waals surface area (Å²) in [6.45, 7) is 10.5. The third-order valence-electron chi connectivity index (χ3n) is 6.62. The number of hydrogen-bond donors (Lipinski definition) is 0. The Hall–Kier alpha value is -2.02. The Morgan fingerprint density at radius 1 is 1.14 bits per heavy atom. The maximum absolute atomic E-state index is 13.0. The molecule has 4 heterocycles. The monoisotopic (exact) mass is 399 g/mol. The number of amides is 2. The first-order valence-electron chi connectivity index (χ1n) is 11.0. The van der Waals surface area contributed by atoms with Gasteiger partial charge in [0, 0.05) is 51.3 Å². The molecule has 3 aliphatic rings. The number of piperidine rings is 1. The highest BCUT2D eigenvalue weighted by Crippen LogP contribution is 2.31.